The van der Waals surface area contributed by atoms with Crippen molar-refractivity contribution >= 4 is 0 Å². The summed E-state index contributed by atoms with van der Waals surface area (Å²) in [6.07, 6.45) is 4.36. The molecule has 2 unspecified atom stereocenters. The molecule has 0 amide bonds. The van der Waals surface area contributed by atoms with Gasteiger partial charge in [-0.05, 0) is 6.42 Å². The Balaban J connectivity index is 2.56. The molecule has 0 aromatic carbocycles. The normalized spacial score (nSPS) is 15.4. The van der Waals surface area contributed by atoms with Gasteiger partial charge in [0, 0.05) is 33.0 Å². The van der Waals surface area contributed by atoms with Crippen LogP contribution < -0.4 is 0 Å². The van der Waals surface area contributed by atoms with E-state index in [1.807, 2.05) is 24.7 Å². The van der Waals surface area contributed by atoms with Crippen LogP contribution in [0.3, 0.4) is 0 Å². The van der Waals surface area contributed by atoms with Crippen molar-refractivity contribution in [2.24, 2.45) is 7.05 Å². The summed E-state index contributed by atoms with van der Waals surface area (Å²) in [7, 11) is 3.54. The van der Waals surface area contributed by atoms with E-state index in [9.17, 15) is 5.11 Å². The number of nitrogens with zero attached hydrogens (tertiary/aromatic N) is 2. The zero-order valence-electron chi connectivity index (χ0n) is 8.97. The van der Waals surface area contributed by atoms with E-state index < -0.39 is 6.10 Å². The molecule has 1 rings (SSSR count). The van der Waals surface area contributed by atoms with Crippen molar-refractivity contribution in [1.82, 2.24) is 9.55 Å². The molecule has 0 aliphatic carbocycles. The minimum Gasteiger partial charge on any atom is -0.390 e. The largest absolute Gasteiger partial charge is 0.390 e. The van der Waals surface area contributed by atoms with Gasteiger partial charge in [0.15, 0.2) is 0 Å². The summed E-state index contributed by atoms with van der Waals surface area (Å²) < 4.78 is 7.07. The summed E-state index contributed by atoms with van der Waals surface area (Å²) >= 11 is 0. The summed E-state index contributed by atoms with van der Waals surface area (Å²) in [6.45, 7) is 2.00. The third-order valence-electron chi connectivity index (χ3n) is 2.45. The van der Waals surface area contributed by atoms with Gasteiger partial charge < -0.3 is 14.4 Å². The van der Waals surface area contributed by atoms with Crippen LogP contribution in [0.25, 0.3) is 0 Å². The van der Waals surface area contributed by atoms with E-state index in [4.69, 9.17) is 4.74 Å². The zero-order chi connectivity index (χ0) is 10.6. The van der Waals surface area contributed by atoms with Crippen molar-refractivity contribution < 1.29 is 9.84 Å². The molecule has 0 saturated carbocycles. The van der Waals surface area contributed by atoms with Gasteiger partial charge in [0.25, 0.3) is 0 Å². The Morgan fingerprint density at radius 1 is 1.64 bits per heavy atom. The second-order valence-corrected chi connectivity index (χ2v) is 3.41. The van der Waals surface area contributed by atoms with Crippen LogP contribution in [0.15, 0.2) is 12.4 Å². The predicted octanol–water partition coefficient (Wildman–Crippen LogP) is 0.748. The van der Waals surface area contributed by atoms with Gasteiger partial charge in [-0.15, -0.1) is 0 Å². The number of aliphatic hydroxyl groups is 1. The molecular formula is C10H18N2O2. The fourth-order valence-corrected chi connectivity index (χ4v) is 1.51. The van der Waals surface area contributed by atoms with Crippen LogP contribution in [0.5, 0.6) is 0 Å². The van der Waals surface area contributed by atoms with E-state index in [1.54, 1.807) is 13.3 Å². The van der Waals surface area contributed by atoms with Crippen molar-refractivity contribution in [1.29, 1.82) is 0 Å². The average Bonchev–Trinajstić information content (AvgIpc) is 2.54. The molecule has 14 heavy (non-hydrogen) atoms. The molecule has 0 aliphatic rings. The maximum atomic E-state index is 9.83. The molecule has 4 nitrogen and oxygen atoms in total. The Kier molecular flexibility index (Phi) is 4.10. The van der Waals surface area contributed by atoms with Gasteiger partial charge in [-0.3, -0.25) is 0 Å². The molecule has 0 aliphatic heterocycles. The van der Waals surface area contributed by atoms with E-state index >= 15 is 0 Å². The molecule has 2 atom stereocenters. The fraction of sp³-hybridized carbons (Fsp3) is 0.700. The molecule has 4 heteroatoms. The highest BCUT2D eigenvalue weighted by molar-refractivity contribution is 4.94. The number of hydrogen-bond donors (Lipinski definition) is 1. The predicted molar refractivity (Wildman–Crippen MR) is 54.0 cm³/mol. The fourth-order valence-electron chi connectivity index (χ4n) is 1.51. The van der Waals surface area contributed by atoms with E-state index in [2.05, 4.69) is 4.98 Å². The third-order valence-corrected chi connectivity index (χ3v) is 2.45. The van der Waals surface area contributed by atoms with Gasteiger partial charge in [0.1, 0.15) is 5.82 Å². The van der Waals surface area contributed by atoms with Crippen LogP contribution in [0.2, 0.25) is 0 Å². The lowest BCUT2D eigenvalue weighted by molar-refractivity contribution is -0.0139. The highest BCUT2D eigenvalue weighted by atomic mass is 16.5. The van der Waals surface area contributed by atoms with E-state index in [1.165, 1.54) is 0 Å². The first-order chi connectivity index (χ1) is 6.69. The summed E-state index contributed by atoms with van der Waals surface area (Å²) in [5.41, 5.74) is 0. The molecular weight excluding hydrogens is 180 g/mol. The van der Waals surface area contributed by atoms with Crippen LogP contribution in [-0.2, 0) is 18.2 Å². The van der Waals surface area contributed by atoms with Gasteiger partial charge in [0.05, 0.1) is 12.2 Å². The van der Waals surface area contributed by atoms with Gasteiger partial charge >= 0.3 is 0 Å². The number of aromatic nitrogens is 2. The quantitative estimate of drug-likeness (QED) is 0.759. The molecule has 0 bridgehead atoms. The van der Waals surface area contributed by atoms with Crippen molar-refractivity contribution in [3.05, 3.63) is 18.2 Å². The molecule has 1 N–H and O–H groups in total. The Morgan fingerprint density at radius 3 is 2.79 bits per heavy atom. The molecule has 1 heterocycles. The van der Waals surface area contributed by atoms with E-state index in [0.717, 1.165) is 12.2 Å². The van der Waals surface area contributed by atoms with Crippen LogP contribution in [0, 0.1) is 0 Å². The Bertz CT molecular complexity index is 269. The lowest BCUT2D eigenvalue weighted by Gasteiger charge is -2.19. The monoisotopic (exact) mass is 198 g/mol. The molecule has 0 spiro atoms. The smallest absolute Gasteiger partial charge is 0.111 e. The number of methoxy groups -OCH3 is 1. The van der Waals surface area contributed by atoms with Gasteiger partial charge in [0.2, 0.25) is 0 Å². The first-order valence-electron chi connectivity index (χ1n) is 4.86. The number of hydrogen-bond acceptors (Lipinski definition) is 3. The molecule has 1 aromatic rings. The Morgan fingerprint density at radius 2 is 2.36 bits per heavy atom. The van der Waals surface area contributed by atoms with Gasteiger partial charge in [-0.25, -0.2) is 4.98 Å². The molecule has 1 aromatic heterocycles. The lowest BCUT2D eigenvalue weighted by atomic mass is 10.1. The minimum atomic E-state index is -0.480. The molecule has 0 fully saturated rings. The maximum Gasteiger partial charge on any atom is 0.111 e. The second kappa shape index (κ2) is 5.12. The summed E-state index contributed by atoms with van der Waals surface area (Å²) in [6, 6.07) is 0. The van der Waals surface area contributed by atoms with Crippen LogP contribution in [0.1, 0.15) is 19.2 Å². The molecule has 0 radical (unpaired) electrons. The van der Waals surface area contributed by atoms with Crippen molar-refractivity contribution in [3.63, 3.8) is 0 Å². The first-order valence-corrected chi connectivity index (χ1v) is 4.86. The SMILES string of the molecule is CCC(OC)C(O)Cc1nccn1C. The van der Waals surface area contributed by atoms with E-state index in [-0.39, 0.29) is 6.10 Å². The topological polar surface area (TPSA) is 47.3 Å². The lowest BCUT2D eigenvalue weighted by Crippen LogP contribution is -2.30. The molecule has 80 valence electrons. The maximum absolute atomic E-state index is 9.83. The van der Waals surface area contributed by atoms with Gasteiger partial charge in [-0.1, -0.05) is 6.92 Å². The number of imidazole rings is 1. The Hall–Kier alpha value is -0.870. The zero-order valence-corrected chi connectivity index (χ0v) is 8.97. The van der Waals surface area contributed by atoms with E-state index in [0.29, 0.717) is 6.42 Å². The number of aryl methyl sites for hydroxylation is 1. The first kappa shape index (κ1) is 11.2. The van der Waals surface area contributed by atoms with Gasteiger partial charge in [-0.2, -0.15) is 0 Å². The number of rotatable bonds is 5. The summed E-state index contributed by atoms with van der Waals surface area (Å²) in [5, 5.41) is 9.83. The molecule has 0 saturated heterocycles. The van der Waals surface area contributed by atoms with Crippen molar-refractivity contribution in [3.8, 4) is 0 Å². The summed E-state index contributed by atoms with van der Waals surface area (Å²) in [4.78, 5) is 4.15. The van der Waals surface area contributed by atoms with Crippen LogP contribution >= 0.6 is 0 Å². The van der Waals surface area contributed by atoms with Crippen molar-refractivity contribution in [2.75, 3.05) is 7.11 Å². The average molecular weight is 198 g/mol. The van der Waals surface area contributed by atoms with Crippen LogP contribution in [0.4, 0.5) is 0 Å². The highest BCUT2D eigenvalue weighted by Crippen LogP contribution is 2.08. The standard InChI is InChI=1S/C10H18N2O2/c1-4-9(14-3)8(13)7-10-11-5-6-12(10)2/h5-6,8-9,13H,4,7H2,1-3H3. The summed E-state index contributed by atoms with van der Waals surface area (Å²) in [5.74, 6) is 0.882. The minimum absolute atomic E-state index is 0.105. The van der Waals surface area contributed by atoms with Crippen LogP contribution in [-0.4, -0.2) is 34.0 Å². The number of aliphatic hydroxyl groups excluding tert-OH is 1. The second-order valence-electron chi connectivity index (χ2n) is 3.41. The highest BCUT2D eigenvalue weighted by Gasteiger charge is 2.18. The number of ether oxygens (including phenoxy) is 1. The Labute approximate surface area is 84.5 Å². The third kappa shape index (κ3) is 2.56. The van der Waals surface area contributed by atoms with Crippen molar-refractivity contribution in [2.45, 2.75) is 32.0 Å².